The zero-order chi connectivity index (χ0) is 17.3. The Morgan fingerprint density at radius 1 is 0.808 bits per heavy atom. The minimum atomic E-state index is -0.0268. The molecule has 0 aliphatic rings. The number of H-pyrrole nitrogens is 1. The van der Waals surface area contributed by atoms with Gasteiger partial charge in [-0.3, -0.25) is 9.78 Å². The van der Waals surface area contributed by atoms with Gasteiger partial charge in [-0.15, -0.1) is 11.3 Å². The van der Waals surface area contributed by atoms with Gasteiger partial charge >= 0.3 is 0 Å². The van der Waals surface area contributed by atoms with Gasteiger partial charge in [-0.2, -0.15) is 0 Å². The largest absolute Gasteiger partial charge is 0.321 e. The fraction of sp³-hybridized carbons (Fsp3) is 0. The lowest BCUT2D eigenvalue weighted by atomic mass is 9.99. The van der Waals surface area contributed by atoms with E-state index in [-0.39, 0.29) is 5.56 Å². The van der Waals surface area contributed by atoms with E-state index in [9.17, 15) is 4.79 Å². The predicted octanol–water partition coefficient (Wildman–Crippen LogP) is 5.60. The summed E-state index contributed by atoms with van der Waals surface area (Å²) in [5.74, 6) is 0. The number of thiophene rings is 1. The highest BCUT2D eigenvalue weighted by atomic mass is 32.1. The van der Waals surface area contributed by atoms with Crippen molar-refractivity contribution in [3.05, 3.63) is 77.2 Å². The lowest BCUT2D eigenvalue weighted by Crippen LogP contribution is -2.04. The first-order valence-corrected chi connectivity index (χ1v) is 9.26. The molecule has 26 heavy (non-hydrogen) atoms. The minimum Gasteiger partial charge on any atom is -0.321 e. The lowest BCUT2D eigenvalue weighted by molar-refractivity contribution is 1.35. The van der Waals surface area contributed by atoms with E-state index in [0.29, 0.717) is 0 Å². The highest BCUT2D eigenvalue weighted by Crippen LogP contribution is 2.41. The van der Waals surface area contributed by atoms with Crippen LogP contribution in [-0.4, -0.2) is 9.97 Å². The summed E-state index contributed by atoms with van der Waals surface area (Å²) < 4.78 is 1.91. The molecule has 0 unspecified atom stereocenters. The van der Waals surface area contributed by atoms with Crippen LogP contribution in [0.25, 0.3) is 52.8 Å². The molecule has 0 spiro atoms. The normalized spacial score (nSPS) is 12.0. The van der Waals surface area contributed by atoms with Crippen LogP contribution >= 0.6 is 11.3 Å². The summed E-state index contributed by atoms with van der Waals surface area (Å²) in [5.41, 5.74) is 1.77. The van der Waals surface area contributed by atoms with E-state index in [4.69, 9.17) is 0 Å². The first-order valence-electron chi connectivity index (χ1n) is 8.45. The topological polar surface area (TPSA) is 45.8 Å². The number of pyridine rings is 2. The number of fused-ring (bicyclic) bond motifs is 9. The van der Waals surface area contributed by atoms with Gasteiger partial charge in [0.2, 0.25) is 0 Å². The molecule has 0 atom stereocenters. The zero-order valence-corrected chi connectivity index (χ0v) is 14.4. The molecular weight excluding hydrogens is 340 g/mol. The number of aromatic nitrogens is 2. The smallest absolute Gasteiger partial charge is 0.266 e. The molecule has 0 bridgehead atoms. The number of nitrogens with zero attached hydrogens (tertiary/aromatic N) is 1. The van der Waals surface area contributed by atoms with E-state index in [2.05, 4.69) is 46.4 Å². The van der Waals surface area contributed by atoms with E-state index in [1.807, 2.05) is 24.3 Å². The molecule has 122 valence electrons. The summed E-state index contributed by atoms with van der Waals surface area (Å²) in [6.45, 7) is 0. The maximum Gasteiger partial charge on any atom is 0.266 e. The second-order valence-corrected chi connectivity index (χ2v) is 7.53. The molecule has 4 heteroatoms. The Hall–Kier alpha value is -3.24. The van der Waals surface area contributed by atoms with Crippen molar-refractivity contribution in [2.24, 2.45) is 0 Å². The number of rotatable bonds is 0. The van der Waals surface area contributed by atoms with Crippen molar-refractivity contribution >= 4 is 64.1 Å². The van der Waals surface area contributed by atoms with Crippen LogP contribution in [0.5, 0.6) is 0 Å². The molecule has 0 saturated heterocycles. The van der Waals surface area contributed by atoms with Crippen LogP contribution in [0, 0.1) is 0 Å². The quantitative estimate of drug-likeness (QED) is 0.362. The number of aromatic amines is 1. The Morgan fingerprint density at radius 3 is 2.65 bits per heavy atom. The van der Waals surface area contributed by atoms with Crippen LogP contribution < -0.4 is 5.56 Å². The molecule has 6 rings (SSSR count). The third-order valence-corrected chi connectivity index (χ3v) is 6.22. The van der Waals surface area contributed by atoms with Crippen molar-refractivity contribution in [1.82, 2.24) is 9.97 Å². The third kappa shape index (κ3) is 1.71. The van der Waals surface area contributed by atoms with Crippen LogP contribution in [0.3, 0.4) is 0 Å². The number of nitrogens with one attached hydrogen (secondary N) is 1. The summed E-state index contributed by atoms with van der Waals surface area (Å²) in [5, 5.41) is 6.72. The second-order valence-electron chi connectivity index (χ2n) is 6.48. The summed E-state index contributed by atoms with van der Waals surface area (Å²) in [6, 6.07) is 20.6. The first-order chi connectivity index (χ1) is 12.8. The van der Waals surface area contributed by atoms with Gasteiger partial charge in [-0.25, -0.2) is 0 Å². The molecule has 0 radical (unpaired) electrons. The number of hydrogen-bond donors (Lipinski definition) is 1. The van der Waals surface area contributed by atoms with Crippen molar-refractivity contribution in [2.45, 2.75) is 0 Å². The minimum absolute atomic E-state index is 0.0268. The van der Waals surface area contributed by atoms with Gasteiger partial charge in [0.25, 0.3) is 5.56 Å². The van der Waals surface area contributed by atoms with Crippen molar-refractivity contribution in [1.29, 1.82) is 0 Å². The molecule has 1 N–H and O–H groups in total. The Morgan fingerprint density at radius 2 is 1.69 bits per heavy atom. The summed E-state index contributed by atoms with van der Waals surface area (Å²) in [7, 11) is 0. The van der Waals surface area contributed by atoms with Gasteiger partial charge in [-0.1, -0.05) is 36.4 Å². The van der Waals surface area contributed by atoms with Gasteiger partial charge in [0.15, 0.2) is 0 Å². The van der Waals surface area contributed by atoms with E-state index in [1.54, 1.807) is 17.5 Å². The fourth-order valence-corrected chi connectivity index (χ4v) is 5.09. The van der Waals surface area contributed by atoms with Crippen LogP contribution in [0.4, 0.5) is 0 Å². The maximum absolute atomic E-state index is 12.8. The fourth-order valence-electron chi connectivity index (χ4n) is 3.97. The Balaban J connectivity index is 2.05. The highest BCUT2D eigenvalue weighted by Gasteiger charge is 2.16. The van der Waals surface area contributed by atoms with Gasteiger partial charge in [-0.05, 0) is 35.0 Å². The van der Waals surface area contributed by atoms with Gasteiger partial charge in [0, 0.05) is 38.0 Å². The van der Waals surface area contributed by atoms with Crippen LogP contribution in [0.1, 0.15) is 0 Å². The van der Waals surface area contributed by atoms with Gasteiger partial charge in [0.05, 0.1) is 5.52 Å². The molecule has 0 fully saturated rings. The van der Waals surface area contributed by atoms with Crippen molar-refractivity contribution in [2.75, 3.05) is 0 Å². The summed E-state index contributed by atoms with van der Waals surface area (Å²) >= 11 is 1.56. The van der Waals surface area contributed by atoms with Gasteiger partial charge < -0.3 is 4.98 Å². The molecular formula is C22H12N2OS. The van der Waals surface area contributed by atoms with Crippen LogP contribution in [-0.2, 0) is 0 Å². The second kappa shape index (κ2) is 4.90. The van der Waals surface area contributed by atoms with Crippen molar-refractivity contribution in [3.8, 4) is 0 Å². The maximum atomic E-state index is 12.8. The van der Waals surface area contributed by atoms with Gasteiger partial charge in [0.1, 0.15) is 4.70 Å². The third-order valence-electron chi connectivity index (χ3n) is 5.07. The monoisotopic (exact) mass is 352 g/mol. The summed E-state index contributed by atoms with van der Waals surface area (Å²) in [4.78, 5) is 20.3. The van der Waals surface area contributed by atoms with E-state index < -0.39 is 0 Å². The number of benzene rings is 3. The molecule has 6 aromatic rings. The standard InChI is InChI=1S/C22H12N2OS/c25-22-21-20(18-14-6-3-11-23-15(14)8-9-16(18)24-22)19-13-5-2-1-4-12(13)7-10-17(19)26-21/h1-11H,(H,24,25). The molecule has 0 aliphatic carbocycles. The zero-order valence-electron chi connectivity index (χ0n) is 13.6. The Kier molecular flexibility index (Phi) is 2.63. The predicted molar refractivity (Wildman–Crippen MR) is 110 cm³/mol. The van der Waals surface area contributed by atoms with Crippen molar-refractivity contribution in [3.63, 3.8) is 0 Å². The molecule has 3 heterocycles. The van der Waals surface area contributed by atoms with E-state index in [1.165, 1.54) is 10.8 Å². The van der Waals surface area contributed by atoms with Crippen LogP contribution in [0.15, 0.2) is 71.7 Å². The Labute approximate surface area is 151 Å². The first kappa shape index (κ1) is 14.0. The van der Waals surface area contributed by atoms with Crippen LogP contribution in [0.2, 0.25) is 0 Å². The molecule has 3 nitrogen and oxygen atoms in total. The molecule has 3 aromatic heterocycles. The molecule has 0 amide bonds. The average Bonchev–Trinajstić information content (AvgIpc) is 3.08. The highest BCUT2D eigenvalue weighted by molar-refractivity contribution is 7.26. The Bertz CT molecular complexity index is 1560. The van der Waals surface area contributed by atoms with E-state index >= 15 is 0 Å². The summed E-state index contributed by atoms with van der Waals surface area (Å²) in [6.07, 6.45) is 1.80. The lowest BCUT2D eigenvalue weighted by Gasteiger charge is -2.06. The van der Waals surface area contributed by atoms with Crippen molar-refractivity contribution < 1.29 is 0 Å². The molecule has 0 aliphatic heterocycles. The SMILES string of the molecule is O=c1[nH]c2ccc3ncccc3c2c2c1sc1ccc3ccccc3c12. The molecule has 0 saturated carbocycles. The molecule has 3 aromatic carbocycles. The average molecular weight is 352 g/mol. The van der Waals surface area contributed by atoms with E-state index in [0.717, 1.165) is 42.0 Å². The number of hydrogen-bond acceptors (Lipinski definition) is 3.